The van der Waals surface area contributed by atoms with Gasteiger partial charge in [0.25, 0.3) is 0 Å². The van der Waals surface area contributed by atoms with Crippen LogP contribution in [0.1, 0.15) is 17.5 Å². The molecule has 3 aromatic carbocycles. The first-order valence-electron chi connectivity index (χ1n) is 10.7. The third kappa shape index (κ3) is 5.39. The van der Waals surface area contributed by atoms with Crippen LogP contribution in [0.2, 0.25) is 0 Å². The lowest BCUT2D eigenvalue weighted by atomic mass is 9.98. The molecule has 6 nitrogen and oxygen atoms in total. The number of nitrogens with one attached hydrogen (secondary N) is 1. The Kier molecular flexibility index (Phi) is 6.87. The number of hydrogen-bond donors (Lipinski definition) is 3. The van der Waals surface area contributed by atoms with Crippen molar-refractivity contribution in [2.75, 3.05) is 18.5 Å². The van der Waals surface area contributed by atoms with Gasteiger partial charge in [-0.2, -0.15) is 18.2 Å². The van der Waals surface area contributed by atoms with Crippen molar-refractivity contribution in [3.63, 3.8) is 0 Å². The van der Waals surface area contributed by atoms with Crippen LogP contribution < -0.4 is 10.2 Å². The van der Waals surface area contributed by atoms with E-state index in [0.29, 0.717) is 35.4 Å². The average Bonchev–Trinajstić information content (AvgIpc) is 3.24. The highest BCUT2D eigenvalue weighted by Crippen LogP contribution is 2.40. The highest BCUT2D eigenvalue weighted by Gasteiger charge is 2.34. The van der Waals surface area contributed by atoms with Gasteiger partial charge in [0.05, 0.1) is 5.56 Å². The van der Waals surface area contributed by atoms with E-state index in [2.05, 4.69) is 10.3 Å². The Morgan fingerprint density at radius 1 is 1.03 bits per heavy atom. The Bertz CT molecular complexity index is 1260. The van der Waals surface area contributed by atoms with E-state index in [1.807, 2.05) is 12.1 Å². The van der Waals surface area contributed by atoms with Crippen LogP contribution in [0.15, 0.2) is 71.1 Å². The van der Waals surface area contributed by atoms with Crippen molar-refractivity contribution in [1.29, 1.82) is 0 Å². The number of oxazole rings is 1. The molecule has 1 aromatic heterocycles. The number of fused-ring (bicyclic) bond motifs is 1. The molecule has 0 unspecified atom stereocenters. The van der Waals surface area contributed by atoms with Crippen molar-refractivity contribution in [3.8, 4) is 11.1 Å². The van der Waals surface area contributed by atoms with Gasteiger partial charge in [0.1, 0.15) is 5.52 Å². The second-order valence-electron chi connectivity index (χ2n) is 7.90. The van der Waals surface area contributed by atoms with Crippen LogP contribution in [0, 0.1) is 0 Å². The van der Waals surface area contributed by atoms with E-state index < -0.39 is 18.0 Å². The smallest absolute Gasteiger partial charge is 0.417 e. The zero-order valence-corrected chi connectivity index (χ0v) is 18.4. The molecule has 0 bridgehead atoms. The highest BCUT2D eigenvalue weighted by atomic mass is 19.4. The number of aliphatic hydroxyl groups is 2. The summed E-state index contributed by atoms with van der Waals surface area (Å²) >= 11 is 0. The van der Waals surface area contributed by atoms with Gasteiger partial charge in [0.15, 0.2) is 11.9 Å². The Balaban J connectivity index is 1.59. The normalized spacial score (nSPS) is 12.0. The summed E-state index contributed by atoms with van der Waals surface area (Å²) in [4.78, 5) is 5.93. The second kappa shape index (κ2) is 9.84. The summed E-state index contributed by atoms with van der Waals surface area (Å²) in [6.45, 7) is 0.930. The predicted octanol–water partition coefficient (Wildman–Crippen LogP) is 5.07. The molecule has 0 fully saturated rings. The van der Waals surface area contributed by atoms with Crippen LogP contribution in [-0.2, 0) is 12.7 Å². The van der Waals surface area contributed by atoms with Gasteiger partial charge in [-0.05, 0) is 41.0 Å². The Morgan fingerprint density at radius 2 is 1.79 bits per heavy atom. The van der Waals surface area contributed by atoms with Crippen LogP contribution in [-0.4, -0.2) is 35.1 Å². The van der Waals surface area contributed by atoms with Crippen LogP contribution >= 0.6 is 0 Å². The molecule has 0 amide bonds. The Hall–Kier alpha value is -3.40. The van der Waals surface area contributed by atoms with E-state index in [4.69, 9.17) is 14.6 Å². The van der Waals surface area contributed by atoms with Gasteiger partial charge in [-0.15, -0.1) is 0 Å². The number of aromatic nitrogens is 1. The van der Waals surface area contributed by atoms with Crippen molar-refractivity contribution in [1.82, 2.24) is 10.3 Å². The number of hydrogen-bond acceptors (Lipinski definition) is 6. The first kappa shape index (κ1) is 23.7. The van der Waals surface area contributed by atoms with Crippen molar-refractivity contribution in [2.24, 2.45) is 0 Å². The second-order valence-corrected chi connectivity index (χ2v) is 7.90. The summed E-state index contributed by atoms with van der Waals surface area (Å²) in [5.41, 5.74) is 2.14. The van der Waals surface area contributed by atoms with E-state index in [1.165, 1.54) is 11.0 Å². The van der Waals surface area contributed by atoms with Gasteiger partial charge in [0.2, 0.25) is 0 Å². The maximum Gasteiger partial charge on any atom is 0.417 e. The standard InChI is InChI=1S/C25H24F3N3O3/c1-31(18-8-9-19(17-5-3-2-4-6-17)20(14-18)25(26,27)28)24-30-21-13-16(7-10-22(21)34-24)15-29-12-11-23(32)33/h2-10,13-14,23,29,32-33H,11-12,15H2,1H3. The van der Waals surface area contributed by atoms with Crippen LogP contribution in [0.3, 0.4) is 0 Å². The van der Waals surface area contributed by atoms with Gasteiger partial charge in [-0.1, -0.05) is 42.5 Å². The van der Waals surface area contributed by atoms with Gasteiger partial charge in [-0.25, -0.2) is 0 Å². The molecule has 4 aromatic rings. The van der Waals surface area contributed by atoms with Gasteiger partial charge >= 0.3 is 12.2 Å². The third-order valence-electron chi connectivity index (χ3n) is 5.42. The maximum atomic E-state index is 13.9. The largest absolute Gasteiger partial charge is 0.423 e. The fraction of sp³-hybridized carbons (Fsp3) is 0.240. The number of rotatable bonds is 8. The fourth-order valence-electron chi connectivity index (χ4n) is 3.63. The van der Waals surface area contributed by atoms with E-state index in [1.54, 1.807) is 49.5 Å². The first-order valence-corrected chi connectivity index (χ1v) is 10.7. The summed E-state index contributed by atoms with van der Waals surface area (Å²) in [7, 11) is 1.60. The monoisotopic (exact) mass is 471 g/mol. The fourth-order valence-corrected chi connectivity index (χ4v) is 3.63. The van der Waals surface area contributed by atoms with E-state index >= 15 is 0 Å². The molecule has 0 atom stereocenters. The molecule has 0 saturated carbocycles. The molecule has 1 heterocycles. The summed E-state index contributed by atoms with van der Waals surface area (Å²) in [6, 6.07) is 18.2. The minimum Gasteiger partial charge on any atom is -0.423 e. The number of nitrogens with zero attached hydrogens (tertiary/aromatic N) is 2. The highest BCUT2D eigenvalue weighted by molar-refractivity contribution is 5.77. The lowest BCUT2D eigenvalue weighted by Gasteiger charge is -2.19. The van der Waals surface area contributed by atoms with Crippen molar-refractivity contribution < 1.29 is 27.8 Å². The molecule has 4 rings (SSSR count). The van der Waals surface area contributed by atoms with Crippen LogP contribution in [0.25, 0.3) is 22.2 Å². The quantitative estimate of drug-likeness (QED) is 0.246. The third-order valence-corrected chi connectivity index (χ3v) is 5.42. The van der Waals surface area contributed by atoms with Crippen LogP contribution in [0.4, 0.5) is 24.9 Å². The van der Waals surface area contributed by atoms with Crippen molar-refractivity contribution in [3.05, 3.63) is 77.9 Å². The lowest BCUT2D eigenvalue weighted by molar-refractivity contribution is -0.137. The van der Waals surface area contributed by atoms with Crippen molar-refractivity contribution in [2.45, 2.75) is 25.4 Å². The van der Waals surface area contributed by atoms with Gasteiger partial charge in [-0.3, -0.25) is 4.90 Å². The molecule has 0 aliphatic carbocycles. The number of aliphatic hydroxyl groups excluding tert-OH is 1. The molecule has 178 valence electrons. The zero-order valence-electron chi connectivity index (χ0n) is 18.4. The molecule has 0 saturated heterocycles. The van der Waals surface area contributed by atoms with E-state index in [0.717, 1.165) is 11.6 Å². The molecule has 34 heavy (non-hydrogen) atoms. The molecule has 0 aliphatic heterocycles. The molecular formula is C25H24F3N3O3. The first-order chi connectivity index (χ1) is 16.2. The number of anilines is 2. The topological polar surface area (TPSA) is 81.8 Å². The molecular weight excluding hydrogens is 447 g/mol. The maximum absolute atomic E-state index is 13.9. The predicted molar refractivity (Wildman–Crippen MR) is 124 cm³/mol. The van der Waals surface area contributed by atoms with E-state index in [-0.39, 0.29) is 18.0 Å². The summed E-state index contributed by atoms with van der Waals surface area (Å²) in [5, 5.41) is 20.9. The average molecular weight is 471 g/mol. The summed E-state index contributed by atoms with van der Waals surface area (Å²) < 4.78 is 47.4. The molecule has 0 spiro atoms. The zero-order chi connectivity index (χ0) is 24.3. The minimum atomic E-state index is -4.53. The number of benzene rings is 3. The number of alkyl halides is 3. The minimum absolute atomic E-state index is 0.105. The molecule has 3 N–H and O–H groups in total. The number of halogens is 3. The van der Waals surface area contributed by atoms with Gasteiger partial charge in [0, 0.05) is 32.2 Å². The molecule has 9 heteroatoms. The Labute approximate surface area is 194 Å². The Morgan fingerprint density at radius 3 is 2.50 bits per heavy atom. The lowest BCUT2D eigenvalue weighted by Crippen LogP contribution is -2.19. The molecule has 0 aliphatic rings. The summed E-state index contributed by atoms with van der Waals surface area (Å²) in [5.74, 6) is 0. The van der Waals surface area contributed by atoms with Crippen molar-refractivity contribution >= 4 is 22.8 Å². The molecule has 0 radical (unpaired) electrons. The SMILES string of the molecule is CN(c1ccc(-c2ccccc2)c(C(F)(F)F)c1)c1nc2cc(CNCCC(O)O)ccc2o1. The van der Waals surface area contributed by atoms with Crippen LogP contribution in [0.5, 0.6) is 0 Å². The van der Waals surface area contributed by atoms with E-state index in [9.17, 15) is 13.2 Å². The van der Waals surface area contributed by atoms with Gasteiger partial charge < -0.3 is 19.9 Å². The summed E-state index contributed by atoms with van der Waals surface area (Å²) in [6.07, 6.45) is -5.68.